The first-order valence-electron chi connectivity index (χ1n) is 8.21. The van der Waals surface area contributed by atoms with Gasteiger partial charge in [0.25, 0.3) is 0 Å². The van der Waals surface area contributed by atoms with Crippen LogP contribution >= 0.6 is 11.3 Å². The Morgan fingerprint density at radius 3 is 2.58 bits per heavy atom. The van der Waals surface area contributed by atoms with E-state index in [4.69, 9.17) is 4.74 Å². The maximum Gasteiger partial charge on any atom is 0.407 e. The molecule has 1 aromatic carbocycles. The largest absolute Gasteiger partial charge is 0.444 e. The fourth-order valence-corrected chi connectivity index (χ4v) is 2.76. The van der Waals surface area contributed by atoms with Gasteiger partial charge in [0.05, 0.1) is 5.69 Å². The SMILES string of the molecule is CC(C)(C)OC(=O)NCCCC(=O)Nc1nc(-c2ccc(F)cc2)cs1. The number of halogens is 1. The minimum absolute atomic E-state index is 0.184. The Morgan fingerprint density at radius 1 is 1.23 bits per heavy atom. The summed E-state index contributed by atoms with van der Waals surface area (Å²) in [6.45, 7) is 5.71. The van der Waals surface area contributed by atoms with Crippen molar-refractivity contribution in [2.45, 2.75) is 39.2 Å². The van der Waals surface area contributed by atoms with Gasteiger partial charge in [0, 0.05) is 23.9 Å². The van der Waals surface area contributed by atoms with E-state index in [0.717, 1.165) is 5.56 Å². The van der Waals surface area contributed by atoms with Crippen molar-refractivity contribution in [2.75, 3.05) is 11.9 Å². The predicted octanol–water partition coefficient (Wildman–Crippen LogP) is 4.19. The van der Waals surface area contributed by atoms with Gasteiger partial charge in [0.2, 0.25) is 5.91 Å². The molecule has 8 heteroatoms. The molecular formula is C18H22FN3O3S. The van der Waals surface area contributed by atoms with Crippen LogP contribution in [0, 0.1) is 5.82 Å². The Labute approximate surface area is 155 Å². The summed E-state index contributed by atoms with van der Waals surface area (Å²) in [5.74, 6) is -0.492. The summed E-state index contributed by atoms with van der Waals surface area (Å²) in [5.41, 5.74) is 0.913. The Kier molecular flexibility index (Phi) is 6.68. The minimum atomic E-state index is -0.547. The van der Waals surface area contributed by atoms with Gasteiger partial charge in [-0.1, -0.05) is 0 Å². The maximum absolute atomic E-state index is 12.9. The van der Waals surface area contributed by atoms with Gasteiger partial charge in [-0.3, -0.25) is 4.79 Å². The van der Waals surface area contributed by atoms with Crippen molar-refractivity contribution in [3.8, 4) is 11.3 Å². The van der Waals surface area contributed by atoms with Crippen LogP contribution < -0.4 is 10.6 Å². The normalized spacial score (nSPS) is 11.1. The number of alkyl carbamates (subject to hydrolysis) is 1. The maximum atomic E-state index is 12.9. The molecule has 0 unspecified atom stereocenters. The number of nitrogens with zero attached hydrogens (tertiary/aromatic N) is 1. The molecule has 0 fully saturated rings. The standard InChI is InChI=1S/C18H22FN3O3S/c1-18(2,3)25-17(24)20-10-4-5-15(23)22-16-21-14(11-26-16)12-6-8-13(19)9-7-12/h6-9,11H,4-5,10H2,1-3H3,(H,20,24)(H,21,22,23). The van der Waals surface area contributed by atoms with Crippen LogP contribution in [-0.4, -0.2) is 29.1 Å². The topological polar surface area (TPSA) is 80.3 Å². The fraction of sp³-hybridized carbons (Fsp3) is 0.389. The van der Waals surface area contributed by atoms with Gasteiger partial charge >= 0.3 is 6.09 Å². The third-order valence-electron chi connectivity index (χ3n) is 3.14. The van der Waals surface area contributed by atoms with Crippen LogP contribution in [0.15, 0.2) is 29.6 Å². The third kappa shape index (κ3) is 6.79. The van der Waals surface area contributed by atoms with Gasteiger partial charge in [0.15, 0.2) is 5.13 Å². The zero-order valence-corrected chi connectivity index (χ0v) is 15.8. The van der Waals surface area contributed by atoms with Gasteiger partial charge < -0.3 is 15.4 Å². The second-order valence-corrected chi connectivity index (χ2v) is 7.48. The summed E-state index contributed by atoms with van der Waals surface area (Å²) in [6, 6.07) is 6.01. The van der Waals surface area contributed by atoms with E-state index in [9.17, 15) is 14.0 Å². The van der Waals surface area contributed by atoms with Crippen molar-refractivity contribution in [3.05, 3.63) is 35.5 Å². The number of carbonyl (C=O) groups is 2. The molecule has 0 aliphatic carbocycles. The molecular weight excluding hydrogens is 357 g/mol. The highest BCUT2D eigenvalue weighted by atomic mass is 32.1. The zero-order chi connectivity index (χ0) is 19.2. The van der Waals surface area contributed by atoms with E-state index in [2.05, 4.69) is 15.6 Å². The van der Waals surface area contributed by atoms with Gasteiger partial charge in [0.1, 0.15) is 11.4 Å². The van der Waals surface area contributed by atoms with Gasteiger partial charge in [-0.05, 0) is 51.5 Å². The van der Waals surface area contributed by atoms with Crippen molar-refractivity contribution in [1.29, 1.82) is 0 Å². The van der Waals surface area contributed by atoms with Crippen molar-refractivity contribution < 1.29 is 18.7 Å². The van der Waals surface area contributed by atoms with Crippen LogP contribution in [0.1, 0.15) is 33.6 Å². The van der Waals surface area contributed by atoms with Gasteiger partial charge in [-0.2, -0.15) is 0 Å². The molecule has 2 amide bonds. The average molecular weight is 379 g/mol. The minimum Gasteiger partial charge on any atom is -0.444 e. The average Bonchev–Trinajstić information content (AvgIpc) is 2.99. The molecule has 0 radical (unpaired) electrons. The fourth-order valence-electron chi connectivity index (χ4n) is 2.02. The summed E-state index contributed by atoms with van der Waals surface area (Å²) in [5, 5.41) is 7.60. The van der Waals surface area contributed by atoms with E-state index >= 15 is 0 Å². The van der Waals surface area contributed by atoms with E-state index in [-0.39, 0.29) is 18.1 Å². The molecule has 1 aromatic heterocycles. The quantitative estimate of drug-likeness (QED) is 0.738. The van der Waals surface area contributed by atoms with Crippen LogP contribution in [0.25, 0.3) is 11.3 Å². The Balaban J connectivity index is 1.73. The lowest BCUT2D eigenvalue weighted by Gasteiger charge is -2.19. The summed E-state index contributed by atoms with van der Waals surface area (Å²) >= 11 is 1.30. The third-order valence-corrected chi connectivity index (χ3v) is 3.90. The van der Waals surface area contributed by atoms with E-state index in [1.54, 1.807) is 38.3 Å². The summed E-state index contributed by atoms with van der Waals surface area (Å²) < 4.78 is 18.1. The molecule has 0 aliphatic heterocycles. The Bertz CT molecular complexity index is 754. The molecule has 2 aromatic rings. The van der Waals surface area contributed by atoms with Crippen molar-refractivity contribution in [1.82, 2.24) is 10.3 Å². The molecule has 2 rings (SSSR count). The number of carbonyl (C=O) groups excluding carboxylic acids is 2. The molecule has 1 heterocycles. The highest BCUT2D eigenvalue weighted by Crippen LogP contribution is 2.25. The zero-order valence-electron chi connectivity index (χ0n) is 15.0. The number of benzene rings is 1. The number of hydrogen-bond acceptors (Lipinski definition) is 5. The van der Waals surface area contributed by atoms with E-state index in [1.165, 1.54) is 23.5 Å². The molecule has 6 nitrogen and oxygen atoms in total. The molecule has 0 atom stereocenters. The van der Waals surface area contributed by atoms with E-state index in [0.29, 0.717) is 23.8 Å². The molecule has 0 spiro atoms. The second kappa shape index (κ2) is 8.75. The first-order chi connectivity index (χ1) is 12.2. The summed E-state index contributed by atoms with van der Waals surface area (Å²) in [6.07, 6.45) is 0.240. The van der Waals surface area contributed by atoms with Crippen molar-refractivity contribution >= 4 is 28.5 Å². The van der Waals surface area contributed by atoms with Crippen molar-refractivity contribution in [2.24, 2.45) is 0 Å². The number of hydrogen-bond donors (Lipinski definition) is 2. The second-order valence-electron chi connectivity index (χ2n) is 6.63. The number of anilines is 1. The molecule has 0 aliphatic rings. The molecule has 2 N–H and O–H groups in total. The van der Waals surface area contributed by atoms with Crippen LogP contribution in [0.5, 0.6) is 0 Å². The predicted molar refractivity (Wildman–Crippen MR) is 99.6 cm³/mol. The Morgan fingerprint density at radius 2 is 1.92 bits per heavy atom. The summed E-state index contributed by atoms with van der Waals surface area (Å²) in [7, 11) is 0. The van der Waals surface area contributed by atoms with E-state index in [1.807, 2.05) is 0 Å². The lowest BCUT2D eigenvalue weighted by atomic mass is 10.2. The number of thiazole rings is 1. The van der Waals surface area contributed by atoms with Crippen LogP contribution in [0.4, 0.5) is 14.3 Å². The Hall–Kier alpha value is -2.48. The van der Waals surface area contributed by atoms with Crippen LogP contribution in [0.3, 0.4) is 0 Å². The number of aromatic nitrogens is 1. The summed E-state index contributed by atoms with van der Waals surface area (Å²) in [4.78, 5) is 27.7. The molecule has 26 heavy (non-hydrogen) atoms. The van der Waals surface area contributed by atoms with E-state index < -0.39 is 11.7 Å². The molecule has 0 bridgehead atoms. The molecule has 0 saturated carbocycles. The monoisotopic (exact) mass is 379 g/mol. The number of rotatable bonds is 6. The number of amides is 2. The lowest BCUT2D eigenvalue weighted by molar-refractivity contribution is -0.116. The molecule has 140 valence electrons. The van der Waals surface area contributed by atoms with Crippen molar-refractivity contribution in [3.63, 3.8) is 0 Å². The van der Waals surface area contributed by atoms with Crippen LogP contribution in [-0.2, 0) is 9.53 Å². The first kappa shape index (κ1) is 19.8. The highest BCUT2D eigenvalue weighted by molar-refractivity contribution is 7.14. The smallest absolute Gasteiger partial charge is 0.407 e. The van der Waals surface area contributed by atoms with Gasteiger partial charge in [-0.25, -0.2) is 14.2 Å². The lowest BCUT2D eigenvalue weighted by Crippen LogP contribution is -2.33. The van der Waals surface area contributed by atoms with Crippen LogP contribution in [0.2, 0.25) is 0 Å². The number of nitrogens with one attached hydrogen (secondary N) is 2. The van der Waals surface area contributed by atoms with Gasteiger partial charge in [-0.15, -0.1) is 11.3 Å². The molecule has 0 saturated heterocycles. The first-order valence-corrected chi connectivity index (χ1v) is 9.09. The highest BCUT2D eigenvalue weighted by Gasteiger charge is 2.15. The number of ether oxygens (including phenoxy) is 1.